The van der Waals surface area contributed by atoms with Gasteiger partial charge in [-0.05, 0) is 25.2 Å². The monoisotopic (exact) mass is 280 g/mol. The van der Waals surface area contributed by atoms with Crippen LogP contribution in [0.4, 0.5) is 0 Å². The first-order valence-corrected chi connectivity index (χ1v) is 7.73. The van der Waals surface area contributed by atoms with Crippen LogP contribution in [0.15, 0.2) is 23.8 Å². The molecule has 0 bridgehead atoms. The van der Waals surface area contributed by atoms with Crippen molar-refractivity contribution >= 4 is 5.97 Å². The van der Waals surface area contributed by atoms with E-state index in [1.54, 1.807) is 7.11 Å². The van der Waals surface area contributed by atoms with Gasteiger partial charge in [0.15, 0.2) is 0 Å². The molecule has 1 aliphatic rings. The van der Waals surface area contributed by atoms with E-state index in [1.165, 1.54) is 5.57 Å². The number of unbranched alkanes of at least 4 members (excludes halogenated alkanes) is 1. The fourth-order valence-electron chi connectivity index (χ4n) is 3.23. The summed E-state index contributed by atoms with van der Waals surface area (Å²) in [4.78, 5) is 11.9. The maximum atomic E-state index is 11.9. The number of carboxylic acids is 1. The molecule has 1 aliphatic carbocycles. The van der Waals surface area contributed by atoms with Gasteiger partial charge in [-0.3, -0.25) is 4.79 Å². The van der Waals surface area contributed by atoms with Crippen LogP contribution in [0.5, 0.6) is 0 Å². The molecular weight excluding hydrogens is 252 g/mol. The van der Waals surface area contributed by atoms with Crippen LogP contribution in [-0.4, -0.2) is 24.8 Å². The second-order valence-corrected chi connectivity index (χ2v) is 5.63. The molecule has 0 radical (unpaired) electrons. The van der Waals surface area contributed by atoms with E-state index < -0.39 is 11.4 Å². The standard InChI is InChI=1S/C17H28O3/c1-4-6-9-15-14(10-13-20-3)8-7-12-17(15,11-5-2)16(18)19/h7-8,12,15H,4-6,9-11,13H2,1-3H3,(H,18,19). The first-order valence-electron chi connectivity index (χ1n) is 7.73. The molecule has 1 N–H and O–H groups in total. The van der Waals surface area contributed by atoms with Crippen molar-refractivity contribution in [2.45, 2.75) is 52.4 Å². The Bertz CT molecular complexity index is 370. The lowest BCUT2D eigenvalue weighted by Crippen LogP contribution is -2.39. The van der Waals surface area contributed by atoms with Crippen molar-refractivity contribution in [3.8, 4) is 0 Å². The number of hydrogen-bond acceptors (Lipinski definition) is 2. The molecular formula is C17H28O3. The lowest BCUT2D eigenvalue weighted by atomic mass is 9.64. The molecule has 1 rings (SSSR count). The molecule has 0 amide bonds. The van der Waals surface area contributed by atoms with Crippen LogP contribution in [0.2, 0.25) is 0 Å². The maximum Gasteiger partial charge on any atom is 0.314 e. The van der Waals surface area contributed by atoms with Crippen molar-refractivity contribution in [2.75, 3.05) is 13.7 Å². The number of rotatable bonds is 9. The molecule has 3 heteroatoms. The van der Waals surface area contributed by atoms with Crippen LogP contribution in [0.1, 0.15) is 52.4 Å². The molecule has 0 aromatic heterocycles. The highest BCUT2D eigenvalue weighted by Gasteiger charge is 2.44. The van der Waals surface area contributed by atoms with Crippen molar-refractivity contribution in [3.63, 3.8) is 0 Å². The number of carbonyl (C=O) groups is 1. The summed E-state index contributed by atoms with van der Waals surface area (Å²) in [7, 11) is 1.69. The number of methoxy groups -OCH3 is 1. The summed E-state index contributed by atoms with van der Waals surface area (Å²) in [6.07, 6.45) is 11.5. The summed E-state index contributed by atoms with van der Waals surface area (Å²) >= 11 is 0. The Balaban J connectivity index is 3.04. The Kier molecular flexibility index (Phi) is 7.00. The van der Waals surface area contributed by atoms with E-state index in [4.69, 9.17) is 4.74 Å². The molecule has 2 unspecified atom stereocenters. The van der Waals surface area contributed by atoms with Crippen LogP contribution in [0.25, 0.3) is 0 Å². The minimum absolute atomic E-state index is 0.111. The SMILES string of the molecule is CCCCC1C(CCOC)=CC=CC1(CCC)C(=O)O. The number of hydrogen-bond donors (Lipinski definition) is 1. The summed E-state index contributed by atoms with van der Waals surface area (Å²) in [5.74, 6) is -0.570. The molecule has 0 fully saturated rings. The maximum absolute atomic E-state index is 11.9. The van der Waals surface area contributed by atoms with Crippen LogP contribution in [0, 0.1) is 11.3 Å². The van der Waals surface area contributed by atoms with Crippen LogP contribution >= 0.6 is 0 Å². The largest absolute Gasteiger partial charge is 0.481 e. The first-order chi connectivity index (χ1) is 9.62. The Morgan fingerprint density at radius 2 is 2.15 bits per heavy atom. The van der Waals surface area contributed by atoms with Gasteiger partial charge in [0.1, 0.15) is 0 Å². The smallest absolute Gasteiger partial charge is 0.314 e. The van der Waals surface area contributed by atoms with E-state index in [1.807, 2.05) is 12.2 Å². The van der Waals surface area contributed by atoms with E-state index in [0.29, 0.717) is 13.0 Å². The zero-order valence-corrected chi connectivity index (χ0v) is 13.0. The molecule has 0 heterocycles. The lowest BCUT2D eigenvalue weighted by Gasteiger charge is -2.38. The number of ether oxygens (including phenoxy) is 1. The summed E-state index contributed by atoms with van der Waals surface area (Å²) < 4.78 is 5.17. The zero-order chi connectivity index (χ0) is 15.0. The highest BCUT2D eigenvalue weighted by Crippen LogP contribution is 2.45. The number of aliphatic carboxylic acids is 1. The van der Waals surface area contributed by atoms with Gasteiger partial charge in [-0.15, -0.1) is 0 Å². The van der Waals surface area contributed by atoms with E-state index >= 15 is 0 Å². The van der Waals surface area contributed by atoms with Crippen molar-refractivity contribution in [1.82, 2.24) is 0 Å². The van der Waals surface area contributed by atoms with E-state index in [2.05, 4.69) is 19.9 Å². The van der Waals surface area contributed by atoms with Gasteiger partial charge >= 0.3 is 5.97 Å². The molecule has 3 nitrogen and oxygen atoms in total. The lowest BCUT2D eigenvalue weighted by molar-refractivity contribution is -0.149. The summed E-state index contributed by atoms with van der Waals surface area (Å²) in [5, 5.41) is 9.82. The molecule has 0 aromatic carbocycles. The Labute approximate surface area is 122 Å². The molecule has 0 spiro atoms. The first kappa shape index (κ1) is 17.0. The minimum atomic E-state index is -0.720. The topological polar surface area (TPSA) is 46.5 Å². The number of allylic oxidation sites excluding steroid dienone is 2. The molecule has 2 atom stereocenters. The predicted octanol–water partition coefficient (Wildman–Crippen LogP) is 4.20. The minimum Gasteiger partial charge on any atom is -0.481 e. The van der Waals surface area contributed by atoms with Crippen LogP contribution in [0.3, 0.4) is 0 Å². The third-order valence-corrected chi connectivity index (χ3v) is 4.28. The van der Waals surface area contributed by atoms with Gasteiger partial charge in [-0.1, -0.05) is 56.9 Å². The van der Waals surface area contributed by atoms with E-state index in [0.717, 1.165) is 32.1 Å². The molecule has 20 heavy (non-hydrogen) atoms. The molecule has 0 saturated carbocycles. The fraction of sp³-hybridized carbons (Fsp3) is 0.706. The summed E-state index contributed by atoms with van der Waals surface area (Å²) in [5.41, 5.74) is 0.514. The van der Waals surface area contributed by atoms with Crippen molar-refractivity contribution in [3.05, 3.63) is 23.8 Å². The van der Waals surface area contributed by atoms with E-state index in [-0.39, 0.29) is 5.92 Å². The second-order valence-electron chi connectivity index (χ2n) is 5.63. The average molecular weight is 280 g/mol. The molecule has 0 aromatic rings. The van der Waals surface area contributed by atoms with Gasteiger partial charge in [-0.2, -0.15) is 0 Å². The van der Waals surface area contributed by atoms with Gasteiger partial charge in [0.25, 0.3) is 0 Å². The molecule has 0 aliphatic heterocycles. The fourth-order valence-corrected chi connectivity index (χ4v) is 3.23. The van der Waals surface area contributed by atoms with Crippen LogP contribution in [-0.2, 0) is 9.53 Å². The van der Waals surface area contributed by atoms with Gasteiger partial charge in [0.05, 0.1) is 5.41 Å². The molecule has 0 saturated heterocycles. The highest BCUT2D eigenvalue weighted by atomic mass is 16.5. The van der Waals surface area contributed by atoms with Gasteiger partial charge < -0.3 is 9.84 Å². The van der Waals surface area contributed by atoms with Gasteiger partial charge in [-0.25, -0.2) is 0 Å². The second kappa shape index (κ2) is 8.25. The summed E-state index contributed by atoms with van der Waals surface area (Å²) in [6, 6.07) is 0. The van der Waals surface area contributed by atoms with Crippen molar-refractivity contribution < 1.29 is 14.6 Å². The Morgan fingerprint density at radius 1 is 1.40 bits per heavy atom. The molecule has 114 valence electrons. The number of carboxylic acid groups (broad SMARTS) is 1. The van der Waals surface area contributed by atoms with Gasteiger partial charge in [0.2, 0.25) is 0 Å². The Hall–Kier alpha value is -1.09. The van der Waals surface area contributed by atoms with E-state index in [9.17, 15) is 9.90 Å². The Morgan fingerprint density at radius 3 is 2.70 bits per heavy atom. The predicted molar refractivity (Wildman–Crippen MR) is 81.7 cm³/mol. The van der Waals surface area contributed by atoms with Crippen molar-refractivity contribution in [1.29, 1.82) is 0 Å². The zero-order valence-electron chi connectivity index (χ0n) is 13.0. The highest BCUT2D eigenvalue weighted by molar-refractivity contribution is 5.79. The third-order valence-electron chi connectivity index (χ3n) is 4.28. The average Bonchev–Trinajstić information content (AvgIpc) is 2.44. The normalized spacial score (nSPS) is 25.6. The quantitative estimate of drug-likeness (QED) is 0.688. The van der Waals surface area contributed by atoms with Crippen LogP contribution < -0.4 is 0 Å². The third kappa shape index (κ3) is 3.72. The summed E-state index contributed by atoms with van der Waals surface area (Å²) in [6.45, 7) is 4.87. The van der Waals surface area contributed by atoms with Gasteiger partial charge in [0, 0.05) is 13.7 Å². The van der Waals surface area contributed by atoms with Crippen molar-refractivity contribution in [2.24, 2.45) is 11.3 Å².